The van der Waals surface area contributed by atoms with Gasteiger partial charge in [0.2, 0.25) is 0 Å². The number of hydrogen-bond acceptors (Lipinski definition) is 4. The fourth-order valence-electron chi connectivity index (χ4n) is 1.39. The molecule has 19 heavy (non-hydrogen) atoms. The van der Waals surface area contributed by atoms with Crippen LogP contribution in [-0.4, -0.2) is 19.4 Å². The third kappa shape index (κ3) is 3.61. The Morgan fingerprint density at radius 1 is 1.47 bits per heavy atom. The summed E-state index contributed by atoms with van der Waals surface area (Å²) in [5, 5.41) is 8.90. The number of nitrogens with zero attached hydrogens (tertiary/aromatic N) is 1. The number of alkyl halides is 4. The number of carbonyl (C=O) groups is 1. The average Bonchev–Trinajstić information content (AvgIpc) is 2.35. The first-order valence-electron chi connectivity index (χ1n) is 4.80. The number of hydrogen-bond donors (Lipinski definition) is 0. The molecule has 0 spiro atoms. The van der Waals surface area contributed by atoms with Crippen molar-refractivity contribution in [2.24, 2.45) is 0 Å². The van der Waals surface area contributed by atoms with Crippen LogP contribution in [0.5, 0.6) is 5.75 Å². The van der Waals surface area contributed by atoms with E-state index >= 15 is 0 Å². The monoisotopic (exact) mass is 337 g/mol. The zero-order valence-electron chi connectivity index (χ0n) is 9.55. The first-order chi connectivity index (χ1) is 8.84. The summed E-state index contributed by atoms with van der Waals surface area (Å²) < 4.78 is 44.9. The second kappa shape index (κ2) is 5.93. The van der Waals surface area contributed by atoms with Gasteiger partial charge in [-0.1, -0.05) is 15.9 Å². The molecule has 0 saturated carbocycles. The van der Waals surface area contributed by atoms with Crippen molar-refractivity contribution in [3.05, 3.63) is 28.8 Å². The molecule has 0 N–H and O–H groups in total. The maximum Gasteiger partial charge on any atom is 0.573 e. The van der Waals surface area contributed by atoms with Crippen LogP contribution >= 0.6 is 15.9 Å². The van der Waals surface area contributed by atoms with Crippen molar-refractivity contribution in [1.82, 2.24) is 0 Å². The summed E-state index contributed by atoms with van der Waals surface area (Å²) in [7, 11) is 1.11. The molecule has 0 heterocycles. The lowest BCUT2D eigenvalue weighted by Gasteiger charge is -2.14. The van der Waals surface area contributed by atoms with Crippen molar-refractivity contribution >= 4 is 21.9 Å². The minimum absolute atomic E-state index is 0.0669. The van der Waals surface area contributed by atoms with Crippen LogP contribution in [0.15, 0.2) is 12.1 Å². The molecule has 0 aromatic heterocycles. The maximum absolute atomic E-state index is 12.2. The summed E-state index contributed by atoms with van der Waals surface area (Å²) in [4.78, 5) is 11.4. The number of esters is 1. The molecular formula is C11H7BrF3NO3. The van der Waals surface area contributed by atoms with E-state index in [1.54, 1.807) is 6.07 Å². The van der Waals surface area contributed by atoms with E-state index in [1.165, 1.54) is 0 Å². The molecule has 0 fully saturated rings. The van der Waals surface area contributed by atoms with E-state index < -0.39 is 18.1 Å². The lowest BCUT2D eigenvalue weighted by Crippen LogP contribution is -2.19. The molecule has 4 nitrogen and oxygen atoms in total. The van der Waals surface area contributed by atoms with Gasteiger partial charge in [-0.25, -0.2) is 4.79 Å². The second-order valence-corrected chi connectivity index (χ2v) is 3.81. The van der Waals surface area contributed by atoms with Crippen molar-refractivity contribution in [3.63, 3.8) is 0 Å². The van der Waals surface area contributed by atoms with Gasteiger partial charge < -0.3 is 9.47 Å². The van der Waals surface area contributed by atoms with Gasteiger partial charge in [0.05, 0.1) is 18.2 Å². The molecule has 0 aliphatic heterocycles. The van der Waals surface area contributed by atoms with Crippen molar-refractivity contribution in [2.45, 2.75) is 11.7 Å². The fourth-order valence-corrected chi connectivity index (χ4v) is 1.95. The molecule has 0 unspecified atom stereocenters. The quantitative estimate of drug-likeness (QED) is 0.628. The zero-order valence-corrected chi connectivity index (χ0v) is 11.1. The van der Waals surface area contributed by atoms with Crippen LogP contribution < -0.4 is 4.74 Å². The molecule has 102 valence electrons. The summed E-state index contributed by atoms with van der Waals surface area (Å²) in [6.45, 7) is 0. The van der Waals surface area contributed by atoms with E-state index in [0.29, 0.717) is 0 Å². The van der Waals surface area contributed by atoms with Crippen LogP contribution in [0, 0.1) is 11.3 Å². The topological polar surface area (TPSA) is 59.3 Å². The third-order valence-electron chi connectivity index (χ3n) is 2.15. The largest absolute Gasteiger partial charge is 0.573 e. The van der Waals surface area contributed by atoms with Crippen molar-refractivity contribution in [1.29, 1.82) is 5.26 Å². The highest BCUT2D eigenvalue weighted by molar-refractivity contribution is 9.08. The predicted molar refractivity (Wildman–Crippen MR) is 61.8 cm³/mol. The minimum atomic E-state index is -4.88. The van der Waals surface area contributed by atoms with Gasteiger partial charge in [-0.3, -0.25) is 0 Å². The van der Waals surface area contributed by atoms with E-state index in [1.807, 2.05) is 0 Å². The fraction of sp³-hybridized carbons (Fsp3) is 0.273. The van der Waals surface area contributed by atoms with Crippen LogP contribution in [0.4, 0.5) is 13.2 Å². The lowest BCUT2D eigenvalue weighted by molar-refractivity contribution is -0.274. The third-order valence-corrected chi connectivity index (χ3v) is 2.71. The molecule has 8 heteroatoms. The molecule has 1 aromatic rings. The summed E-state index contributed by atoms with van der Waals surface area (Å²) in [5.41, 5.74) is -0.401. The molecular weight excluding hydrogens is 331 g/mol. The number of benzene rings is 1. The van der Waals surface area contributed by atoms with E-state index in [0.717, 1.165) is 19.2 Å². The Morgan fingerprint density at radius 3 is 2.53 bits per heavy atom. The Balaban J connectivity index is 3.40. The Morgan fingerprint density at radius 2 is 2.11 bits per heavy atom. The van der Waals surface area contributed by atoms with Crippen LogP contribution in [0.3, 0.4) is 0 Å². The first-order valence-corrected chi connectivity index (χ1v) is 5.92. The van der Waals surface area contributed by atoms with Crippen LogP contribution in [0.1, 0.15) is 21.5 Å². The molecule has 1 rings (SSSR count). The van der Waals surface area contributed by atoms with E-state index in [4.69, 9.17) is 5.26 Å². The standard InChI is InChI=1S/C11H7BrF3NO3/c1-18-10(17)6-2-3-9(19-11(13,14)15)7(4-12)8(6)5-16/h2-3H,4H2,1H3. The normalized spacial score (nSPS) is 10.7. The molecule has 0 aliphatic carbocycles. The minimum Gasteiger partial charge on any atom is -0.465 e. The van der Waals surface area contributed by atoms with Gasteiger partial charge in [-0.05, 0) is 12.1 Å². The highest BCUT2D eigenvalue weighted by atomic mass is 79.9. The molecule has 0 atom stereocenters. The number of nitriles is 1. The highest BCUT2D eigenvalue weighted by Crippen LogP contribution is 2.32. The number of methoxy groups -OCH3 is 1. The van der Waals surface area contributed by atoms with Crippen LogP contribution in [0.2, 0.25) is 0 Å². The van der Waals surface area contributed by atoms with E-state index in [9.17, 15) is 18.0 Å². The smallest absolute Gasteiger partial charge is 0.465 e. The molecule has 0 aliphatic rings. The zero-order chi connectivity index (χ0) is 14.6. The summed E-state index contributed by atoms with van der Waals surface area (Å²) >= 11 is 2.96. The van der Waals surface area contributed by atoms with Gasteiger partial charge in [-0.2, -0.15) is 5.26 Å². The number of ether oxygens (including phenoxy) is 2. The van der Waals surface area contributed by atoms with Crippen molar-refractivity contribution < 1.29 is 27.4 Å². The molecule has 1 aromatic carbocycles. The Bertz CT molecular complexity index is 537. The van der Waals surface area contributed by atoms with Crippen molar-refractivity contribution in [3.8, 4) is 11.8 Å². The highest BCUT2D eigenvalue weighted by Gasteiger charge is 2.33. The average molecular weight is 338 g/mol. The summed E-state index contributed by atoms with van der Waals surface area (Å²) in [5.74, 6) is -1.34. The predicted octanol–water partition coefficient (Wildman–Crippen LogP) is 3.14. The number of rotatable bonds is 3. The molecule has 0 bridgehead atoms. The number of carbonyl (C=O) groups excluding carboxylic acids is 1. The summed E-state index contributed by atoms with van der Waals surface area (Å²) in [6, 6.07) is 3.70. The second-order valence-electron chi connectivity index (χ2n) is 3.25. The SMILES string of the molecule is COC(=O)c1ccc(OC(F)(F)F)c(CBr)c1C#N. The van der Waals surface area contributed by atoms with Crippen LogP contribution in [-0.2, 0) is 10.1 Å². The van der Waals surface area contributed by atoms with Gasteiger partial charge in [-0.15, -0.1) is 13.2 Å². The van der Waals surface area contributed by atoms with Gasteiger partial charge >= 0.3 is 12.3 Å². The van der Waals surface area contributed by atoms with Crippen LogP contribution in [0.25, 0.3) is 0 Å². The Hall–Kier alpha value is -1.75. The molecule has 0 amide bonds. The van der Waals surface area contributed by atoms with E-state index in [2.05, 4.69) is 25.4 Å². The molecule has 0 radical (unpaired) electrons. The van der Waals surface area contributed by atoms with Gasteiger partial charge in [0, 0.05) is 10.9 Å². The van der Waals surface area contributed by atoms with Gasteiger partial charge in [0.1, 0.15) is 11.8 Å². The first kappa shape index (κ1) is 15.3. The van der Waals surface area contributed by atoms with Gasteiger partial charge in [0.25, 0.3) is 0 Å². The van der Waals surface area contributed by atoms with E-state index in [-0.39, 0.29) is 22.0 Å². The Labute approximate surface area is 114 Å². The molecule has 0 saturated heterocycles. The lowest BCUT2D eigenvalue weighted by atomic mass is 10.0. The van der Waals surface area contributed by atoms with Gasteiger partial charge in [0.15, 0.2) is 0 Å². The summed E-state index contributed by atoms with van der Waals surface area (Å²) in [6.07, 6.45) is -4.88. The number of halogens is 4. The Kier molecular flexibility index (Phi) is 4.78. The maximum atomic E-state index is 12.2. The van der Waals surface area contributed by atoms with Crippen molar-refractivity contribution in [2.75, 3.05) is 7.11 Å².